The van der Waals surface area contributed by atoms with E-state index < -0.39 is 23.6 Å². The molecular formula is C32H37ClFN5O6. The third-order valence-corrected chi connectivity index (χ3v) is 7.98. The zero-order chi connectivity index (χ0) is 32.5. The number of nitriles is 1. The van der Waals surface area contributed by atoms with Crippen molar-refractivity contribution in [1.29, 1.82) is 5.26 Å². The van der Waals surface area contributed by atoms with E-state index in [9.17, 15) is 10.1 Å². The molecule has 0 unspecified atom stereocenters. The number of aromatic nitrogens is 1. The van der Waals surface area contributed by atoms with Gasteiger partial charge in [-0.1, -0.05) is 23.7 Å². The highest BCUT2D eigenvalue weighted by Crippen LogP contribution is 2.43. The Kier molecular flexibility index (Phi) is 9.44. The lowest BCUT2D eigenvalue weighted by Crippen LogP contribution is -2.50. The third kappa shape index (κ3) is 6.81. The van der Waals surface area contributed by atoms with Gasteiger partial charge in [-0.25, -0.2) is 14.2 Å². The molecule has 2 fully saturated rings. The molecular weight excluding hydrogens is 605 g/mol. The number of likely N-dealkylation sites (tertiary alicyclic amines) is 1. The van der Waals surface area contributed by atoms with Gasteiger partial charge < -0.3 is 33.5 Å². The van der Waals surface area contributed by atoms with Crippen LogP contribution < -0.4 is 19.1 Å². The topological polar surface area (TPSA) is 110 Å². The fraction of sp³-hybridized carbons (Fsp3) is 0.469. The number of nitrogens with zero attached hydrogens (tertiary/aromatic N) is 5. The van der Waals surface area contributed by atoms with Gasteiger partial charge >= 0.3 is 6.09 Å². The molecule has 45 heavy (non-hydrogen) atoms. The molecule has 0 aliphatic carbocycles. The second-order valence-corrected chi connectivity index (χ2v) is 12.4. The molecule has 0 spiro atoms. The Morgan fingerprint density at radius 3 is 2.42 bits per heavy atom. The van der Waals surface area contributed by atoms with E-state index in [-0.39, 0.29) is 39.8 Å². The monoisotopic (exact) mass is 641 g/mol. The van der Waals surface area contributed by atoms with Crippen LogP contribution in [0.4, 0.5) is 14.9 Å². The first kappa shape index (κ1) is 32.3. The number of pyridine rings is 1. The normalized spacial score (nSPS) is 19.0. The minimum Gasteiger partial charge on any atom is -0.493 e. The summed E-state index contributed by atoms with van der Waals surface area (Å²) in [5.41, 5.74) is 0.538. The van der Waals surface area contributed by atoms with Crippen molar-refractivity contribution in [2.24, 2.45) is 0 Å². The highest BCUT2D eigenvalue weighted by atomic mass is 35.5. The van der Waals surface area contributed by atoms with Crippen LogP contribution in [0.2, 0.25) is 5.02 Å². The molecule has 0 radical (unpaired) electrons. The second kappa shape index (κ2) is 13.1. The average Bonchev–Trinajstić information content (AvgIpc) is 3.37. The summed E-state index contributed by atoms with van der Waals surface area (Å²) in [4.78, 5) is 23.3. The summed E-state index contributed by atoms with van der Waals surface area (Å²) >= 11 is 6.08. The van der Waals surface area contributed by atoms with Crippen LogP contribution in [0.15, 0.2) is 30.3 Å². The minimum atomic E-state index is -0.784. The van der Waals surface area contributed by atoms with Crippen LogP contribution in [0.1, 0.15) is 26.3 Å². The van der Waals surface area contributed by atoms with Gasteiger partial charge in [0, 0.05) is 51.8 Å². The number of carbonyl (C=O) groups is 1. The van der Waals surface area contributed by atoms with E-state index in [0.717, 1.165) is 0 Å². The number of fused-ring (bicyclic) bond motifs is 1. The molecule has 1 aromatic heterocycles. The van der Waals surface area contributed by atoms with Crippen LogP contribution in [0.5, 0.6) is 23.1 Å². The quantitative estimate of drug-likeness (QED) is 0.330. The number of hydrogen-bond donors (Lipinski definition) is 0. The lowest BCUT2D eigenvalue weighted by atomic mass is 10.1. The number of halogens is 2. The number of methoxy groups -OCH3 is 2. The molecule has 5 rings (SSSR count). The molecule has 13 heteroatoms. The van der Waals surface area contributed by atoms with Gasteiger partial charge in [-0.3, -0.25) is 4.90 Å². The number of amides is 1. The van der Waals surface area contributed by atoms with Crippen LogP contribution in [0, 0.1) is 17.1 Å². The summed E-state index contributed by atoms with van der Waals surface area (Å²) in [5, 5.41) is 11.0. The van der Waals surface area contributed by atoms with Crippen molar-refractivity contribution >= 4 is 34.3 Å². The zero-order valence-electron chi connectivity index (χ0n) is 26.2. The van der Waals surface area contributed by atoms with Crippen molar-refractivity contribution in [1.82, 2.24) is 14.8 Å². The third-order valence-electron chi connectivity index (χ3n) is 7.69. The van der Waals surface area contributed by atoms with Crippen LogP contribution in [0.3, 0.4) is 0 Å². The van der Waals surface area contributed by atoms with Crippen LogP contribution in [-0.2, 0) is 9.47 Å². The van der Waals surface area contributed by atoms with Gasteiger partial charge in [0.25, 0.3) is 0 Å². The van der Waals surface area contributed by atoms with Gasteiger partial charge in [0.05, 0.1) is 17.8 Å². The van der Waals surface area contributed by atoms with E-state index in [0.29, 0.717) is 55.9 Å². The number of piperazine rings is 1. The van der Waals surface area contributed by atoms with Crippen LogP contribution >= 0.6 is 11.6 Å². The summed E-state index contributed by atoms with van der Waals surface area (Å²) in [6.45, 7) is 8.28. The van der Waals surface area contributed by atoms with Crippen molar-refractivity contribution in [3.63, 3.8) is 0 Å². The van der Waals surface area contributed by atoms with E-state index >= 15 is 4.39 Å². The Bertz CT molecular complexity index is 1620. The fourth-order valence-electron chi connectivity index (χ4n) is 5.55. The van der Waals surface area contributed by atoms with Gasteiger partial charge in [0.15, 0.2) is 17.3 Å². The first-order chi connectivity index (χ1) is 21.4. The summed E-state index contributed by atoms with van der Waals surface area (Å²) in [6.07, 6.45) is -1.03. The number of carbonyl (C=O) groups excluding carboxylic acids is 1. The number of likely N-dealkylation sites (N-methyl/N-ethyl adjacent to an activating group) is 1. The van der Waals surface area contributed by atoms with E-state index in [2.05, 4.69) is 11.0 Å². The number of hydrogen-bond acceptors (Lipinski definition) is 10. The highest BCUT2D eigenvalue weighted by molar-refractivity contribution is 6.31. The first-order valence-corrected chi connectivity index (χ1v) is 15.0. The standard InChI is InChI=1S/C32H37ClFN5O6/c1-32(2,3)45-31(40)39-14-12-38(13-15-39)28-19-8-7-9-22(43-29-23(41-5)11-10-21(33)26(29)34)27(19)36-30(20(28)16-35)44-25-18-37(4)17-24(25)42-6/h7-11,24-25H,12-15,17-18H2,1-6H3/t24-,25-/m1/s1. The number of para-hydroxylation sites is 1. The molecule has 2 aromatic carbocycles. The molecule has 3 heterocycles. The van der Waals surface area contributed by atoms with Gasteiger partial charge in [-0.2, -0.15) is 5.26 Å². The maximum atomic E-state index is 15.2. The first-order valence-electron chi connectivity index (χ1n) is 14.6. The Morgan fingerprint density at radius 2 is 1.78 bits per heavy atom. The molecule has 2 aliphatic heterocycles. The molecule has 3 aromatic rings. The predicted octanol–water partition coefficient (Wildman–Crippen LogP) is 5.46. The number of ether oxygens (including phenoxy) is 5. The van der Waals surface area contributed by atoms with E-state index in [1.165, 1.54) is 19.2 Å². The molecule has 2 atom stereocenters. The molecule has 2 saturated heterocycles. The number of anilines is 1. The number of benzene rings is 2. The lowest BCUT2D eigenvalue weighted by molar-refractivity contribution is 0.0240. The summed E-state index contributed by atoms with van der Waals surface area (Å²) in [5.74, 6) is -0.521. The molecule has 0 saturated carbocycles. The highest BCUT2D eigenvalue weighted by Gasteiger charge is 2.35. The molecule has 0 N–H and O–H groups in total. The van der Waals surface area contributed by atoms with Crippen molar-refractivity contribution < 1.29 is 32.9 Å². The Hall–Kier alpha value is -4.05. The fourth-order valence-corrected chi connectivity index (χ4v) is 5.69. The van der Waals surface area contributed by atoms with E-state index in [1.807, 2.05) is 38.8 Å². The summed E-state index contributed by atoms with van der Waals surface area (Å²) in [6, 6.07) is 10.4. The van der Waals surface area contributed by atoms with Crippen molar-refractivity contribution in [3.8, 4) is 29.2 Å². The van der Waals surface area contributed by atoms with Crippen molar-refractivity contribution in [2.45, 2.75) is 38.6 Å². The lowest BCUT2D eigenvalue weighted by Gasteiger charge is -2.37. The van der Waals surface area contributed by atoms with E-state index in [1.54, 1.807) is 24.1 Å². The van der Waals surface area contributed by atoms with Crippen LogP contribution in [-0.4, -0.2) is 99.2 Å². The average molecular weight is 642 g/mol. The van der Waals surface area contributed by atoms with Crippen molar-refractivity contribution in [2.75, 3.05) is 65.4 Å². The second-order valence-electron chi connectivity index (χ2n) is 12.0. The molecule has 0 bridgehead atoms. The predicted molar refractivity (Wildman–Crippen MR) is 167 cm³/mol. The van der Waals surface area contributed by atoms with Gasteiger partial charge in [-0.05, 0) is 46.0 Å². The Labute approximate surface area is 266 Å². The van der Waals surface area contributed by atoms with Crippen molar-refractivity contribution in [3.05, 3.63) is 46.7 Å². The molecule has 2 aliphatic rings. The summed E-state index contributed by atoms with van der Waals surface area (Å²) in [7, 11) is 4.98. The zero-order valence-corrected chi connectivity index (χ0v) is 27.0. The molecule has 1 amide bonds. The van der Waals surface area contributed by atoms with Gasteiger partial charge in [0.1, 0.15) is 35.0 Å². The van der Waals surface area contributed by atoms with Crippen LogP contribution in [0.25, 0.3) is 10.9 Å². The smallest absolute Gasteiger partial charge is 0.410 e. The SMILES string of the molecule is COc1ccc(Cl)c(F)c1Oc1cccc2c(N3CCN(C(=O)OC(C)(C)C)CC3)c(C#N)c(O[C@@H]3CN(C)C[C@H]3OC)nc12. The molecule has 240 valence electrons. The maximum absolute atomic E-state index is 15.2. The number of rotatable bonds is 7. The van der Waals surface area contributed by atoms with E-state index in [4.69, 9.17) is 40.3 Å². The maximum Gasteiger partial charge on any atom is 0.410 e. The Balaban J connectivity index is 1.60. The minimum absolute atomic E-state index is 0.103. The molecule has 11 nitrogen and oxygen atoms in total. The van der Waals surface area contributed by atoms with Gasteiger partial charge in [0.2, 0.25) is 11.6 Å². The largest absolute Gasteiger partial charge is 0.493 e. The summed E-state index contributed by atoms with van der Waals surface area (Å²) < 4.78 is 44.3. The van der Waals surface area contributed by atoms with Gasteiger partial charge in [-0.15, -0.1) is 0 Å². The Morgan fingerprint density at radius 1 is 1.07 bits per heavy atom.